The van der Waals surface area contributed by atoms with Crippen molar-refractivity contribution in [3.63, 3.8) is 0 Å². The first-order chi connectivity index (χ1) is 8.95. The van der Waals surface area contributed by atoms with E-state index in [1.54, 1.807) is 6.07 Å². The van der Waals surface area contributed by atoms with Crippen molar-refractivity contribution < 1.29 is 13.2 Å². The van der Waals surface area contributed by atoms with Crippen LogP contribution in [0.2, 0.25) is 0 Å². The number of hydrogen-bond donors (Lipinski definition) is 0. The minimum atomic E-state index is -3.46. The van der Waals surface area contributed by atoms with Crippen molar-refractivity contribution in [1.29, 1.82) is 0 Å². The van der Waals surface area contributed by atoms with Gasteiger partial charge in [-0.3, -0.25) is 0 Å². The van der Waals surface area contributed by atoms with Gasteiger partial charge in [-0.2, -0.15) is 4.31 Å². The molecule has 1 fully saturated rings. The molecule has 1 aliphatic rings. The summed E-state index contributed by atoms with van der Waals surface area (Å²) in [5.74, 6) is 0.304. The fourth-order valence-electron chi connectivity index (χ4n) is 2.13. The maximum atomic E-state index is 12.6. The summed E-state index contributed by atoms with van der Waals surface area (Å²) in [4.78, 5) is 0.378. The highest BCUT2D eigenvalue weighted by Gasteiger charge is 2.31. The molecule has 2 rings (SSSR count). The van der Waals surface area contributed by atoms with E-state index < -0.39 is 10.0 Å². The predicted molar refractivity (Wildman–Crippen MR) is 75.1 cm³/mol. The zero-order valence-electron chi connectivity index (χ0n) is 11.1. The van der Waals surface area contributed by atoms with Crippen LogP contribution in [0, 0.1) is 13.8 Å². The summed E-state index contributed by atoms with van der Waals surface area (Å²) in [6.45, 7) is 4.79. The molecule has 0 amide bonds. The second-order valence-electron chi connectivity index (χ2n) is 4.78. The Morgan fingerprint density at radius 3 is 2.84 bits per heavy atom. The largest absolute Gasteiger partial charge is 0.374 e. The van der Waals surface area contributed by atoms with Crippen LogP contribution >= 0.6 is 11.6 Å². The van der Waals surface area contributed by atoms with Gasteiger partial charge in [0.25, 0.3) is 0 Å². The summed E-state index contributed by atoms with van der Waals surface area (Å²) in [7, 11) is -3.46. The quantitative estimate of drug-likeness (QED) is 0.802. The van der Waals surface area contributed by atoms with Gasteiger partial charge in [0.1, 0.15) is 0 Å². The Kier molecular flexibility index (Phi) is 4.50. The van der Waals surface area contributed by atoms with E-state index in [9.17, 15) is 8.42 Å². The van der Waals surface area contributed by atoms with Crippen molar-refractivity contribution in [2.75, 3.05) is 25.6 Å². The van der Waals surface area contributed by atoms with Crippen LogP contribution in [0.4, 0.5) is 0 Å². The average Bonchev–Trinajstić information content (AvgIpc) is 2.41. The molecule has 6 heteroatoms. The fourth-order valence-corrected chi connectivity index (χ4v) is 4.08. The Morgan fingerprint density at radius 1 is 1.42 bits per heavy atom. The summed E-state index contributed by atoms with van der Waals surface area (Å²) < 4.78 is 32.2. The maximum Gasteiger partial charge on any atom is 0.243 e. The minimum absolute atomic E-state index is 0.227. The molecule has 0 spiro atoms. The van der Waals surface area contributed by atoms with Crippen LogP contribution < -0.4 is 0 Å². The lowest BCUT2D eigenvalue weighted by molar-refractivity contribution is 0.0122. The lowest BCUT2D eigenvalue weighted by Crippen LogP contribution is -2.46. The number of halogens is 1. The van der Waals surface area contributed by atoms with Gasteiger partial charge in [-0.05, 0) is 31.0 Å². The molecule has 1 aromatic carbocycles. The van der Waals surface area contributed by atoms with E-state index in [-0.39, 0.29) is 6.10 Å². The van der Waals surface area contributed by atoms with E-state index in [4.69, 9.17) is 16.3 Å². The van der Waals surface area contributed by atoms with Crippen LogP contribution in [0.5, 0.6) is 0 Å². The van der Waals surface area contributed by atoms with Gasteiger partial charge in [0, 0.05) is 19.0 Å². The zero-order valence-corrected chi connectivity index (χ0v) is 12.7. The molecule has 0 saturated carbocycles. The number of alkyl halides is 1. The molecule has 106 valence electrons. The number of rotatable bonds is 3. The third-order valence-electron chi connectivity index (χ3n) is 3.24. The smallest absolute Gasteiger partial charge is 0.243 e. The Balaban J connectivity index is 2.34. The van der Waals surface area contributed by atoms with Gasteiger partial charge in [0.2, 0.25) is 10.0 Å². The number of nitrogens with zero attached hydrogens (tertiary/aromatic N) is 1. The van der Waals surface area contributed by atoms with Crippen molar-refractivity contribution >= 4 is 21.6 Å². The van der Waals surface area contributed by atoms with Crippen LogP contribution in [-0.4, -0.2) is 44.4 Å². The molecule has 1 atom stereocenters. The Bertz CT molecular complexity index is 559. The topological polar surface area (TPSA) is 46.6 Å². The molecule has 19 heavy (non-hydrogen) atoms. The summed E-state index contributed by atoms with van der Waals surface area (Å²) in [6, 6.07) is 5.47. The maximum absolute atomic E-state index is 12.6. The second kappa shape index (κ2) is 5.79. The van der Waals surface area contributed by atoms with Gasteiger partial charge >= 0.3 is 0 Å². The number of aryl methyl sites for hydroxylation is 2. The zero-order chi connectivity index (χ0) is 14.0. The van der Waals surface area contributed by atoms with Crippen LogP contribution in [-0.2, 0) is 14.8 Å². The SMILES string of the molecule is Cc1ccc(C)c(S(=O)(=O)N2CCOC(CCl)C2)c1. The normalized spacial score (nSPS) is 21.5. The molecule has 1 unspecified atom stereocenters. The molecular formula is C13H18ClNO3S. The van der Waals surface area contributed by atoms with E-state index >= 15 is 0 Å². The first-order valence-electron chi connectivity index (χ1n) is 6.20. The lowest BCUT2D eigenvalue weighted by Gasteiger charge is -2.31. The van der Waals surface area contributed by atoms with Crippen LogP contribution in [0.25, 0.3) is 0 Å². The van der Waals surface area contributed by atoms with Crippen molar-refractivity contribution in [2.45, 2.75) is 24.8 Å². The highest BCUT2D eigenvalue weighted by molar-refractivity contribution is 7.89. The van der Waals surface area contributed by atoms with E-state index in [1.807, 2.05) is 26.0 Å². The first kappa shape index (κ1) is 14.8. The number of morpholine rings is 1. The van der Waals surface area contributed by atoms with Gasteiger partial charge < -0.3 is 4.74 Å². The molecule has 1 aliphatic heterocycles. The van der Waals surface area contributed by atoms with Crippen LogP contribution in [0.15, 0.2) is 23.1 Å². The highest BCUT2D eigenvalue weighted by atomic mass is 35.5. The third kappa shape index (κ3) is 3.11. The Morgan fingerprint density at radius 2 is 2.16 bits per heavy atom. The molecule has 0 N–H and O–H groups in total. The third-order valence-corrected chi connectivity index (χ3v) is 5.59. The highest BCUT2D eigenvalue weighted by Crippen LogP contribution is 2.23. The lowest BCUT2D eigenvalue weighted by atomic mass is 10.2. The van der Waals surface area contributed by atoms with Gasteiger partial charge in [0.15, 0.2) is 0 Å². The van der Waals surface area contributed by atoms with Gasteiger partial charge in [-0.25, -0.2) is 8.42 Å². The summed E-state index contributed by atoms with van der Waals surface area (Å²) in [5, 5.41) is 0. The monoisotopic (exact) mass is 303 g/mol. The Hall–Kier alpha value is -0.620. The second-order valence-corrected chi connectivity index (χ2v) is 6.99. The molecule has 0 radical (unpaired) electrons. The molecule has 0 bridgehead atoms. The molecule has 1 heterocycles. The van der Waals surface area contributed by atoms with Gasteiger partial charge in [-0.15, -0.1) is 11.6 Å². The van der Waals surface area contributed by atoms with Crippen molar-refractivity contribution in [2.24, 2.45) is 0 Å². The summed E-state index contributed by atoms with van der Waals surface area (Å²) in [6.07, 6.45) is -0.227. The van der Waals surface area contributed by atoms with E-state index in [0.717, 1.165) is 11.1 Å². The van der Waals surface area contributed by atoms with Gasteiger partial charge in [0.05, 0.1) is 17.6 Å². The standard InChI is InChI=1S/C13H18ClNO3S/c1-10-3-4-11(2)13(7-10)19(16,17)15-5-6-18-12(8-14)9-15/h3-4,7,12H,5-6,8-9H2,1-2H3. The van der Waals surface area contributed by atoms with E-state index in [1.165, 1.54) is 4.31 Å². The first-order valence-corrected chi connectivity index (χ1v) is 8.17. The average molecular weight is 304 g/mol. The number of sulfonamides is 1. The molecule has 0 aromatic heterocycles. The van der Waals surface area contributed by atoms with Crippen LogP contribution in [0.3, 0.4) is 0 Å². The molecular weight excluding hydrogens is 286 g/mol. The van der Waals surface area contributed by atoms with Crippen molar-refractivity contribution in [1.82, 2.24) is 4.31 Å². The Labute approximate surface area is 119 Å². The molecule has 1 saturated heterocycles. The molecule has 4 nitrogen and oxygen atoms in total. The molecule has 1 aromatic rings. The molecule has 0 aliphatic carbocycles. The predicted octanol–water partition coefficient (Wildman–Crippen LogP) is 1.93. The van der Waals surface area contributed by atoms with E-state index in [2.05, 4.69) is 0 Å². The van der Waals surface area contributed by atoms with Crippen molar-refractivity contribution in [3.05, 3.63) is 29.3 Å². The fraction of sp³-hybridized carbons (Fsp3) is 0.538. The van der Waals surface area contributed by atoms with Crippen molar-refractivity contribution in [3.8, 4) is 0 Å². The summed E-state index contributed by atoms with van der Waals surface area (Å²) in [5.41, 5.74) is 1.70. The summed E-state index contributed by atoms with van der Waals surface area (Å²) >= 11 is 5.75. The van der Waals surface area contributed by atoms with Gasteiger partial charge in [-0.1, -0.05) is 12.1 Å². The number of benzene rings is 1. The minimum Gasteiger partial charge on any atom is -0.374 e. The van der Waals surface area contributed by atoms with Crippen LogP contribution in [0.1, 0.15) is 11.1 Å². The number of ether oxygens (including phenoxy) is 1. The van der Waals surface area contributed by atoms with E-state index in [0.29, 0.717) is 30.5 Å². The number of hydrogen-bond acceptors (Lipinski definition) is 3.